The quantitative estimate of drug-likeness (QED) is 0.514. The Morgan fingerprint density at radius 3 is 2.64 bits per heavy atom. The SMILES string of the molecule is O=C1CCc2ccc(C(=O)CCCCN3CCN(c4cccc5c4CCCC5)CC3)nc2N1. The summed E-state index contributed by atoms with van der Waals surface area (Å²) in [4.78, 5) is 33.7. The summed E-state index contributed by atoms with van der Waals surface area (Å²) >= 11 is 0. The maximum absolute atomic E-state index is 12.6. The Bertz CT molecular complexity index is 1030. The number of rotatable bonds is 7. The zero-order chi connectivity index (χ0) is 22.6. The molecule has 0 radical (unpaired) electrons. The highest BCUT2D eigenvalue weighted by atomic mass is 16.1. The minimum atomic E-state index is -0.0214. The van der Waals surface area contributed by atoms with Gasteiger partial charge in [-0.25, -0.2) is 4.98 Å². The number of nitrogens with one attached hydrogen (secondary N) is 1. The number of nitrogens with zero attached hydrogens (tertiary/aromatic N) is 3. The monoisotopic (exact) mass is 446 g/mol. The smallest absolute Gasteiger partial charge is 0.225 e. The molecule has 1 aliphatic carbocycles. The molecule has 174 valence electrons. The second kappa shape index (κ2) is 10.0. The van der Waals surface area contributed by atoms with Crippen LogP contribution in [-0.4, -0.2) is 54.3 Å². The van der Waals surface area contributed by atoms with Crippen molar-refractivity contribution in [2.75, 3.05) is 42.9 Å². The number of fused-ring (bicyclic) bond motifs is 2. The highest BCUT2D eigenvalue weighted by Crippen LogP contribution is 2.31. The first-order chi connectivity index (χ1) is 16.2. The number of carbonyl (C=O) groups excluding carboxylic acids is 2. The molecular weight excluding hydrogens is 412 g/mol. The first kappa shape index (κ1) is 22.1. The Hall–Kier alpha value is -2.73. The van der Waals surface area contributed by atoms with Crippen LogP contribution in [0.1, 0.15) is 65.7 Å². The zero-order valence-electron chi connectivity index (χ0n) is 19.4. The normalized spacial score (nSPS) is 18.4. The van der Waals surface area contributed by atoms with Gasteiger partial charge in [-0.05, 0) is 80.3 Å². The molecule has 33 heavy (non-hydrogen) atoms. The largest absolute Gasteiger partial charge is 0.369 e. The number of amides is 1. The molecule has 1 N–H and O–H groups in total. The van der Waals surface area contributed by atoms with E-state index in [0.717, 1.165) is 51.1 Å². The zero-order valence-corrected chi connectivity index (χ0v) is 19.4. The van der Waals surface area contributed by atoms with E-state index in [1.165, 1.54) is 31.4 Å². The lowest BCUT2D eigenvalue weighted by Gasteiger charge is -2.38. The van der Waals surface area contributed by atoms with Gasteiger partial charge in [0.15, 0.2) is 5.78 Å². The lowest BCUT2D eigenvalue weighted by molar-refractivity contribution is -0.116. The van der Waals surface area contributed by atoms with Gasteiger partial charge in [0.2, 0.25) is 5.91 Å². The highest BCUT2D eigenvalue weighted by Gasteiger charge is 2.22. The van der Waals surface area contributed by atoms with E-state index in [1.54, 1.807) is 17.2 Å². The molecule has 2 aliphatic heterocycles. The van der Waals surface area contributed by atoms with Crippen molar-refractivity contribution < 1.29 is 9.59 Å². The number of pyridine rings is 1. The number of anilines is 2. The van der Waals surface area contributed by atoms with Crippen LogP contribution < -0.4 is 10.2 Å². The van der Waals surface area contributed by atoms with Crippen molar-refractivity contribution in [2.45, 2.75) is 57.8 Å². The van der Waals surface area contributed by atoms with Crippen LogP contribution in [0, 0.1) is 0 Å². The third-order valence-electron chi connectivity index (χ3n) is 7.36. The Morgan fingerprint density at radius 2 is 1.76 bits per heavy atom. The van der Waals surface area contributed by atoms with Crippen molar-refractivity contribution >= 4 is 23.2 Å². The maximum Gasteiger partial charge on any atom is 0.225 e. The molecule has 0 bridgehead atoms. The standard InChI is InChI=1S/C27H34N4O2/c32-25(23-13-11-21-12-14-26(33)29-27(21)28-23)10-3-4-15-30-16-18-31(19-17-30)24-9-5-7-20-6-1-2-8-22(20)24/h5,7,9,11,13H,1-4,6,8,10,12,14-19H2,(H,28,29,33). The van der Waals surface area contributed by atoms with E-state index in [4.69, 9.17) is 0 Å². The minimum Gasteiger partial charge on any atom is -0.369 e. The average Bonchev–Trinajstić information content (AvgIpc) is 2.86. The number of unbranched alkanes of at least 4 members (excludes halogenated alkanes) is 1. The number of hydrogen-bond acceptors (Lipinski definition) is 5. The first-order valence-corrected chi connectivity index (χ1v) is 12.6. The van der Waals surface area contributed by atoms with Gasteiger partial charge in [-0.3, -0.25) is 14.5 Å². The van der Waals surface area contributed by atoms with E-state index in [0.29, 0.717) is 30.8 Å². The Balaban J connectivity index is 1.06. The van der Waals surface area contributed by atoms with Gasteiger partial charge >= 0.3 is 0 Å². The number of Topliss-reactive ketones (excluding diaryl/α,β-unsaturated/α-hetero) is 1. The molecule has 0 unspecified atom stereocenters. The van der Waals surface area contributed by atoms with E-state index in [1.807, 2.05) is 6.07 Å². The summed E-state index contributed by atoms with van der Waals surface area (Å²) in [6, 6.07) is 10.6. The number of ketones is 1. The summed E-state index contributed by atoms with van der Waals surface area (Å²) in [5, 5.41) is 2.78. The number of benzene rings is 1. The fourth-order valence-corrected chi connectivity index (χ4v) is 5.41. The summed E-state index contributed by atoms with van der Waals surface area (Å²) in [6.45, 7) is 5.38. The van der Waals surface area contributed by atoms with Gasteiger partial charge in [0.1, 0.15) is 11.5 Å². The van der Waals surface area contributed by atoms with E-state index in [9.17, 15) is 9.59 Å². The minimum absolute atomic E-state index is 0.0214. The molecule has 6 heteroatoms. The molecule has 0 atom stereocenters. The number of carbonyl (C=O) groups is 2. The van der Waals surface area contributed by atoms with Gasteiger partial charge < -0.3 is 10.2 Å². The number of hydrogen-bond donors (Lipinski definition) is 1. The molecule has 3 aliphatic rings. The van der Waals surface area contributed by atoms with Gasteiger partial charge in [0, 0.05) is 44.7 Å². The second-order valence-electron chi connectivity index (χ2n) is 9.58. The molecule has 1 amide bonds. The van der Waals surface area contributed by atoms with Crippen molar-refractivity contribution in [3.63, 3.8) is 0 Å². The fourth-order valence-electron chi connectivity index (χ4n) is 5.41. The van der Waals surface area contributed by atoms with Gasteiger partial charge in [-0.15, -0.1) is 0 Å². The van der Waals surface area contributed by atoms with Gasteiger partial charge in [-0.2, -0.15) is 0 Å². The highest BCUT2D eigenvalue weighted by molar-refractivity contribution is 5.97. The van der Waals surface area contributed by atoms with Crippen LogP contribution >= 0.6 is 0 Å². The van der Waals surface area contributed by atoms with Crippen LogP contribution in [0.15, 0.2) is 30.3 Å². The van der Waals surface area contributed by atoms with Crippen LogP contribution in [0.4, 0.5) is 11.5 Å². The van der Waals surface area contributed by atoms with Crippen molar-refractivity contribution in [1.29, 1.82) is 0 Å². The van der Waals surface area contributed by atoms with Crippen molar-refractivity contribution in [3.8, 4) is 0 Å². The van der Waals surface area contributed by atoms with Crippen molar-refractivity contribution in [1.82, 2.24) is 9.88 Å². The summed E-state index contributed by atoms with van der Waals surface area (Å²) in [5.74, 6) is 0.609. The van der Waals surface area contributed by atoms with Crippen LogP contribution in [0.2, 0.25) is 0 Å². The van der Waals surface area contributed by atoms with Gasteiger partial charge in [0.05, 0.1) is 0 Å². The predicted molar refractivity (Wildman–Crippen MR) is 131 cm³/mol. The van der Waals surface area contributed by atoms with Crippen molar-refractivity contribution in [3.05, 3.63) is 52.7 Å². The Labute approximate surface area is 196 Å². The van der Waals surface area contributed by atoms with Crippen LogP contribution in [0.25, 0.3) is 0 Å². The summed E-state index contributed by atoms with van der Waals surface area (Å²) in [7, 11) is 0. The lowest BCUT2D eigenvalue weighted by atomic mass is 9.90. The molecule has 3 heterocycles. The fraction of sp³-hybridized carbons (Fsp3) is 0.519. The topological polar surface area (TPSA) is 65.5 Å². The third-order valence-corrected chi connectivity index (χ3v) is 7.36. The molecule has 5 rings (SSSR count). The molecule has 2 aromatic rings. The van der Waals surface area contributed by atoms with Crippen LogP contribution in [0.3, 0.4) is 0 Å². The third kappa shape index (κ3) is 5.11. The number of aryl methyl sites for hydroxylation is 2. The Kier molecular flexibility index (Phi) is 6.72. The lowest BCUT2D eigenvalue weighted by Crippen LogP contribution is -2.47. The van der Waals surface area contributed by atoms with E-state index < -0.39 is 0 Å². The van der Waals surface area contributed by atoms with Crippen LogP contribution in [0.5, 0.6) is 0 Å². The maximum atomic E-state index is 12.6. The molecular formula is C27H34N4O2. The molecule has 1 saturated heterocycles. The summed E-state index contributed by atoms with van der Waals surface area (Å²) in [5.41, 5.74) is 6.09. The predicted octanol–water partition coefficient (Wildman–Crippen LogP) is 4.02. The summed E-state index contributed by atoms with van der Waals surface area (Å²) < 4.78 is 0. The molecule has 0 saturated carbocycles. The molecule has 1 aromatic heterocycles. The first-order valence-electron chi connectivity index (χ1n) is 12.6. The Morgan fingerprint density at radius 1 is 0.909 bits per heavy atom. The molecule has 1 aromatic carbocycles. The second-order valence-corrected chi connectivity index (χ2v) is 9.58. The van der Waals surface area contributed by atoms with E-state index >= 15 is 0 Å². The van der Waals surface area contributed by atoms with E-state index in [-0.39, 0.29) is 11.7 Å². The van der Waals surface area contributed by atoms with Crippen LogP contribution in [-0.2, 0) is 24.1 Å². The molecule has 6 nitrogen and oxygen atoms in total. The van der Waals surface area contributed by atoms with Crippen molar-refractivity contribution in [2.24, 2.45) is 0 Å². The summed E-state index contributed by atoms with van der Waals surface area (Å²) in [6.07, 6.45) is 8.69. The van der Waals surface area contributed by atoms with E-state index in [2.05, 4.69) is 38.3 Å². The molecule has 0 spiro atoms. The number of piperazine rings is 1. The number of aromatic nitrogens is 1. The molecule has 1 fully saturated rings. The average molecular weight is 447 g/mol. The van der Waals surface area contributed by atoms with Gasteiger partial charge in [0.25, 0.3) is 0 Å². The van der Waals surface area contributed by atoms with Gasteiger partial charge in [-0.1, -0.05) is 18.2 Å².